The second-order valence-corrected chi connectivity index (χ2v) is 9.44. The van der Waals surface area contributed by atoms with Crippen molar-refractivity contribution < 1.29 is 18.3 Å². The van der Waals surface area contributed by atoms with Crippen LogP contribution in [0, 0.1) is 17.3 Å². The Balaban J connectivity index is 1.88. The number of hydrogen-bond acceptors (Lipinski definition) is 5. The molecule has 1 aliphatic carbocycles. The lowest BCUT2D eigenvalue weighted by Gasteiger charge is -2.41. The molecule has 0 radical (unpaired) electrons. The lowest BCUT2D eigenvalue weighted by molar-refractivity contribution is -0.269. The van der Waals surface area contributed by atoms with Gasteiger partial charge < -0.3 is 5.11 Å². The van der Waals surface area contributed by atoms with E-state index < -0.39 is 17.8 Å². The molecule has 1 saturated carbocycles. The number of alkyl halides is 3. The van der Waals surface area contributed by atoms with Crippen molar-refractivity contribution in [3.05, 3.63) is 24.3 Å². The first-order chi connectivity index (χ1) is 12.5. The number of rotatable bonds is 1. The van der Waals surface area contributed by atoms with Crippen LogP contribution in [0.2, 0.25) is 0 Å². The van der Waals surface area contributed by atoms with E-state index in [1.165, 1.54) is 0 Å². The van der Waals surface area contributed by atoms with Gasteiger partial charge in [-0.15, -0.1) is 0 Å². The third-order valence-electron chi connectivity index (χ3n) is 5.65. The Labute approximate surface area is 159 Å². The maximum atomic E-state index is 14.1. The molecule has 0 bridgehead atoms. The number of para-hydroxylation sites is 1. The van der Waals surface area contributed by atoms with Gasteiger partial charge in [0.05, 0.1) is 21.8 Å². The Hall–Kier alpha value is -1.67. The summed E-state index contributed by atoms with van der Waals surface area (Å²) in [5.41, 5.74) is -2.23. The molecule has 1 N–H and O–H groups in total. The molecule has 1 aromatic carbocycles. The number of benzene rings is 1. The predicted molar refractivity (Wildman–Crippen MR) is 101 cm³/mol. The molecule has 3 atom stereocenters. The lowest BCUT2D eigenvalue weighted by atomic mass is 9.66. The molecular formula is C19H22F3N3OS. The number of anilines is 1. The minimum atomic E-state index is -4.85. The molecule has 0 unspecified atom stereocenters. The fraction of sp³-hybridized carbons (Fsp3) is 0.579. The number of aromatic nitrogens is 1. The third-order valence-corrected chi connectivity index (χ3v) is 6.66. The van der Waals surface area contributed by atoms with Crippen molar-refractivity contribution in [3.8, 4) is 0 Å². The number of aliphatic hydroxyl groups is 1. The van der Waals surface area contributed by atoms with Crippen molar-refractivity contribution in [2.75, 3.05) is 5.01 Å². The Morgan fingerprint density at radius 2 is 1.89 bits per heavy atom. The zero-order valence-corrected chi connectivity index (χ0v) is 16.2. The number of hydrogen-bond donors (Lipinski definition) is 1. The first-order valence-corrected chi connectivity index (χ1v) is 9.88. The van der Waals surface area contributed by atoms with Gasteiger partial charge in [0, 0.05) is 5.92 Å². The second-order valence-electron chi connectivity index (χ2n) is 8.43. The minimum Gasteiger partial charge on any atom is -0.362 e. The highest BCUT2D eigenvalue weighted by Crippen LogP contribution is 2.53. The first-order valence-electron chi connectivity index (χ1n) is 9.07. The zero-order chi connectivity index (χ0) is 19.6. The van der Waals surface area contributed by atoms with E-state index in [0.717, 1.165) is 27.5 Å². The van der Waals surface area contributed by atoms with E-state index in [4.69, 9.17) is 0 Å². The summed E-state index contributed by atoms with van der Waals surface area (Å²) in [4.78, 5) is 4.33. The van der Waals surface area contributed by atoms with Gasteiger partial charge in [-0.25, -0.2) is 4.98 Å². The summed E-state index contributed by atoms with van der Waals surface area (Å²) in [7, 11) is 0. The molecule has 146 valence electrons. The largest absolute Gasteiger partial charge is 0.439 e. The van der Waals surface area contributed by atoms with Crippen molar-refractivity contribution in [3.63, 3.8) is 0 Å². The SMILES string of the molecule is CC(C)(C)[C@H]1CCC[C@@H]2C1=NN(c1nc3ccccc3s1)[C@]2(O)C(F)(F)F. The molecule has 0 spiro atoms. The third kappa shape index (κ3) is 2.76. The molecule has 2 aromatic rings. The maximum Gasteiger partial charge on any atom is 0.439 e. The number of thiazole rings is 1. The summed E-state index contributed by atoms with van der Waals surface area (Å²) in [5, 5.41) is 16.2. The fourth-order valence-electron chi connectivity index (χ4n) is 4.28. The monoisotopic (exact) mass is 397 g/mol. The van der Waals surface area contributed by atoms with Gasteiger partial charge in [0.1, 0.15) is 0 Å². The van der Waals surface area contributed by atoms with Crippen LogP contribution in [-0.4, -0.2) is 27.7 Å². The molecule has 2 aliphatic rings. The Bertz CT molecular complexity index is 868. The summed E-state index contributed by atoms with van der Waals surface area (Å²) in [6.45, 7) is 6.03. The van der Waals surface area contributed by atoms with E-state index >= 15 is 0 Å². The van der Waals surface area contributed by atoms with Gasteiger partial charge in [-0.05, 0) is 30.4 Å². The highest BCUT2D eigenvalue weighted by molar-refractivity contribution is 7.22. The molecule has 1 fully saturated rings. The van der Waals surface area contributed by atoms with Gasteiger partial charge in [0.15, 0.2) is 0 Å². The number of hydrazone groups is 1. The van der Waals surface area contributed by atoms with Gasteiger partial charge in [-0.3, -0.25) is 0 Å². The van der Waals surface area contributed by atoms with Crippen LogP contribution in [0.4, 0.5) is 18.3 Å². The second kappa shape index (κ2) is 5.91. The van der Waals surface area contributed by atoms with Crippen LogP contribution in [0.1, 0.15) is 40.0 Å². The molecule has 8 heteroatoms. The van der Waals surface area contributed by atoms with E-state index in [2.05, 4.69) is 10.1 Å². The minimum absolute atomic E-state index is 0.0746. The summed E-state index contributed by atoms with van der Waals surface area (Å²) < 4.78 is 43.2. The topological polar surface area (TPSA) is 48.7 Å². The van der Waals surface area contributed by atoms with E-state index in [9.17, 15) is 18.3 Å². The first kappa shape index (κ1) is 18.7. The average molecular weight is 397 g/mol. The number of fused-ring (bicyclic) bond motifs is 2. The molecular weight excluding hydrogens is 375 g/mol. The number of nitrogens with zero attached hydrogens (tertiary/aromatic N) is 3. The molecule has 1 aromatic heterocycles. The predicted octanol–water partition coefficient (Wildman–Crippen LogP) is 5.19. The summed E-state index contributed by atoms with van der Waals surface area (Å²) >= 11 is 1.11. The van der Waals surface area contributed by atoms with Crippen molar-refractivity contribution >= 4 is 32.4 Å². The van der Waals surface area contributed by atoms with Crippen molar-refractivity contribution in [2.24, 2.45) is 22.4 Å². The van der Waals surface area contributed by atoms with Crippen LogP contribution in [0.5, 0.6) is 0 Å². The Kier molecular flexibility index (Phi) is 4.09. The van der Waals surface area contributed by atoms with Crippen molar-refractivity contribution in [2.45, 2.75) is 51.9 Å². The van der Waals surface area contributed by atoms with Gasteiger partial charge in [-0.1, -0.05) is 50.7 Å². The molecule has 4 nitrogen and oxygen atoms in total. The van der Waals surface area contributed by atoms with E-state index in [-0.39, 0.29) is 22.9 Å². The molecule has 0 amide bonds. The van der Waals surface area contributed by atoms with Gasteiger partial charge >= 0.3 is 6.18 Å². The van der Waals surface area contributed by atoms with Gasteiger partial charge in [0.2, 0.25) is 5.13 Å². The summed E-state index contributed by atoms with van der Waals surface area (Å²) in [6.07, 6.45) is -3.17. The van der Waals surface area contributed by atoms with Crippen LogP contribution in [0.3, 0.4) is 0 Å². The molecule has 1 aliphatic heterocycles. The normalized spacial score (nSPS) is 29.1. The van der Waals surface area contributed by atoms with Crippen molar-refractivity contribution in [1.82, 2.24) is 4.98 Å². The van der Waals surface area contributed by atoms with E-state index in [0.29, 0.717) is 17.6 Å². The quantitative estimate of drug-likeness (QED) is 0.721. The van der Waals surface area contributed by atoms with Crippen LogP contribution in [0.25, 0.3) is 10.2 Å². The molecule has 4 rings (SSSR count). The standard InChI is InChI=1S/C19H22F3N3OS/c1-17(2,3)11-7-6-8-12-15(11)24-25(18(12,26)19(20,21)22)16-23-13-9-4-5-10-14(13)27-16/h4-5,9-12,26H,6-8H2,1-3H3/t11-,12+,18+/m0/s1. The van der Waals surface area contributed by atoms with Gasteiger partial charge in [-0.2, -0.15) is 23.3 Å². The van der Waals surface area contributed by atoms with Crippen LogP contribution >= 0.6 is 11.3 Å². The lowest BCUT2D eigenvalue weighted by Crippen LogP contribution is -2.61. The van der Waals surface area contributed by atoms with E-state index in [1.54, 1.807) is 18.2 Å². The van der Waals surface area contributed by atoms with E-state index in [1.807, 2.05) is 26.8 Å². The molecule has 0 saturated heterocycles. The van der Waals surface area contributed by atoms with Crippen LogP contribution in [-0.2, 0) is 0 Å². The Morgan fingerprint density at radius 3 is 2.52 bits per heavy atom. The summed E-state index contributed by atoms with van der Waals surface area (Å²) in [6, 6.07) is 7.15. The van der Waals surface area contributed by atoms with Gasteiger partial charge in [0.25, 0.3) is 5.72 Å². The Morgan fingerprint density at radius 1 is 1.19 bits per heavy atom. The highest BCUT2D eigenvalue weighted by Gasteiger charge is 2.69. The van der Waals surface area contributed by atoms with Crippen molar-refractivity contribution in [1.29, 1.82) is 0 Å². The molecule has 2 heterocycles. The van der Waals surface area contributed by atoms with Crippen LogP contribution < -0.4 is 5.01 Å². The molecule has 27 heavy (non-hydrogen) atoms. The zero-order valence-electron chi connectivity index (χ0n) is 15.4. The fourth-order valence-corrected chi connectivity index (χ4v) is 5.26. The highest BCUT2D eigenvalue weighted by atomic mass is 32.1. The maximum absolute atomic E-state index is 14.1. The summed E-state index contributed by atoms with van der Waals surface area (Å²) in [5.74, 6) is -1.17. The van der Waals surface area contributed by atoms with Crippen LogP contribution in [0.15, 0.2) is 29.4 Å². The number of halogens is 3. The average Bonchev–Trinajstić information content (AvgIpc) is 3.13. The smallest absolute Gasteiger partial charge is 0.362 e.